The van der Waals surface area contributed by atoms with Crippen molar-refractivity contribution in [2.45, 2.75) is 31.4 Å². The Hall–Kier alpha value is -1.17. The zero-order valence-corrected chi connectivity index (χ0v) is 14.2. The highest BCUT2D eigenvalue weighted by Crippen LogP contribution is 2.32. The van der Waals surface area contributed by atoms with Crippen molar-refractivity contribution < 1.29 is 9.53 Å². The number of ether oxygens (including phenoxy) is 1. The summed E-state index contributed by atoms with van der Waals surface area (Å²) in [5.74, 6) is 1.02. The Kier molecular flexibility index (Phi) is 4.51. The molecular formula is C18H24N2O2S. The van der Waals surface area contributed by atoms with Gasteiger partial charge in [-0.1, -0.05) is 6.07 Å². The molecule has 0 aromatic carbocycles. The lowest BCUT2D eigenvalue weighted by Gasteiger charge is -2.47. The van der Waals surface area contributed by atoms with Gasteiger partial charge in [0.2, 0.25) is 5.91 Å². The van der Waals surface area contributed by atoms with Gasteiger partial charge in [0.25, 0.3) is 0 Å². The van der Waals surface area contributed by atoms with Gasteiger partial charge in [0.1, 0.15) is 0 Å². The van der Waals surface area contributed by atoms with Gasteiger partial charge in [-0.3, -0.25) is 9.69 Å². The molecule has 0 radical (unpaired) electrons. The third-order valence-electron chi connectivity index (χ3n) is 5.13. The van der Waals surface area contributed by atoms with E-state index in [9.17, 15) is 4.79 Å². The lowest BCUT2D eigenvalue weighted by atomic mass is 9.98. The Morgan fingerprint density at radius 2 is 2.26 bits per heavy atom. The highest BCUT2D eigenvalue weighted by Gasteiger charge is 2.39. The second-order valence-electron chi connectivity index (χ2n) is 6.84. The summed E-state index contributed by atoms with van der Waals surface area (Å²) in [6.07, 6.45) is 7.68. The topological polar surface area (TPSA) is 32.8 Å². The van der Waals surface area contributed by atoms with Gasteiger partial charge in [0.15, 0.2) is 0 Å². The van der Waals surface area contributed by atoms with Crippen LogP contribution in [-0.4, -0.2) is 60.6 Å². The number of hydrogen-bond donors (Lipinski definition) is 0. The monoisotopic (exact) mass is 332 g/mol. The zero-order chi connectivity index (χ0) is 15.6. The van der Waals surface area contributed by atoms with Gasteiger partial charge < -0.3 is 9.64 Å². The molecule has 0 spiro atoms. The van der Waals surface area contributed by atoms with Gasteiger partial charge in [-0.25, -0.2) is 0 Å². The molecule has 2 atom stereocenters. The third kappa shape index (κ3) is 3.67. The number of piperidine rings is 1. The molecule has 0 bridgehead atoms. The van der Waals surface area contributed by atoms with Crippen LogP contribution in [0.2, 0.25) is 0 Å². The van der Waals surface area contributed by atoms with Crippen LogP contribution in [-0.2, 0) is 9.53 Å². The summed E-state index contributed by atoms with van der Waals surface area (Å²) in [7, 11) is 0. The standard InChI is InChI=1S/C18H24N2O2S/c21-18(6-5-15-2-1-11-23-15)20-8-7-17-16(13-20)19(9-10-22-17)12-14-3-4-14/h1-2,5-6,11,14,16-17H,3-4,7-10,12-13H2/b6-5+/t16-,17-/m0/s1. The smallest absolute Gasteiger partial charge is 0.246 e. The third-order valence-corrected chi connectivity index (χ3v) is 5.97. The van der Waals surface area contributed by atoms with E-state index >= 15 is 0 Å². The molecule has 1 amide bonds. The van der Waals surface area contributed by atoms with E-state index in [1.54, 1.807) is 17.4 Å². The first-order chi connectivity index (χ1) is 11.3. The maximum absolute atomic E-state index is 12.5. The Morgan fingerprint density at radius 1 is 1.35 bits per heavy atom. The summed E-state index contributed by atoms with van der Waals surface area (Å²) in [5, 5.41) is 2.03. The second-order valence-corrected chi connectivity index (χ2v) is 7.82. The van der Waals surface area contributed by atoms with Crippen molar-refractivity contribution in [2.75, 3.05) is 32.8 Å². The molecule has 2 aliphatic heterocycles. The lowest BCUT2D eigenvalue weighted by molar-refractivity contribution is -0.138. The van der Waals surface area contributed by atoms with Crippen LogP contribution in [0.3, 0.4) is 0 Å². The van der Waals surface area contributed by atoms with E-state index in [1.165, 1.54) is 19.4 Å². The molecule has 5 heteroatoms. The number of carbonyl (C=O) groups excluding carboxylic acids is 1. The van der Waals surface area contributed by atoms with Crippen LogP contribution >= 0.6 is 11.3 Å². The SMILES string of the molecule is O=C(/C=C/c1cccs1)N1CC[C@@H]2OCCN(CC3CC3)[C@H]2C1. The molecule has 4 nitrogen and oxygen atoms in total. The molecule has 4 rings (SSSR count). The average molecular weight is 332 g/mol. The minimum absolute atomic E-state index is 0.133. The average Bonchev–Trinajstić information content (AvgIpc) is 3.24. The number of carbonyl (C=O) groups is 1. The van der Waals surface area contributed by atoms with Gasteiger partial charge in [-0.2, -0.15) is 0 Å². The predicted molar refractivity (Wildman–Crippen MR) is 92.4 cm³/mol. The van der Waals surface area contributed by atoms with E-state index in [0.717, 1.165) is 43.5 Å². The fourth-order valence-corrected chi connectivity index (χ4v) is 4.26. The largest absolute Gasteiger partial charge is 0.375 e. The van der Waals surface area contributed by atoms with E-state index < -0.39 is 0 Å². The molecule has 1 aromatic heterocycles. The molecule has 3 aliphatic rings. The number of morpholine rings is 1. The molecule has 1 saturated carbocycles. The first-order valence-corrected chi connectivity index (χ1v) is 9.54. The maximum Gasteiger partial charge on any atom is 0.246 e. The van der Waals surface area contributed by atoms with Gasteiger partial charge in [0.05, 0.1) is 18.8 Å². The molecular weight excluding hydrogens is 308 g/mol. The van der Waals surface area contributed by atoms with Crippen LogP contribution < -0.4 is 0 Å². The van der Waals surface area contributed by atoms with Crippen molar-refractivity contribution >= 4 is 23.3 Å². The number of hydrogen-bond acceptors (Lipinski definition) is 4. The van der Waals surface area contributed by atoms with Gasteiger partial charge in [-0.05, 0) is 42.7 Å². The first kappa shape index (κ1) is 15.4. The Balaban J connectivity index is 1.39. The number of likely N-dealkylation sites (tertiary alicyclic amines) is 1. The lowest BCUT2D eigenvalue weighted by Crippen LogP contribution is -2.60. The van der Waals surface area contributed by atoms with Crippen molar-refractivity contribution in [3.05, 3.63) is 28.5 Å². The normalized spacial score (nSPS) is 29.0. The molecule has 2 saturated heterocycles. The van der Waals surface area contributed by atoms with Crippen molar-refractivity contribution in [1.29, 1.82) is 0 Å². The van der Waals surface area contributed by atoms with Crippen molar-refractivity contribution in [1.82, 2.24) is 9.80 Å². The summed E-state index contributed by atoms with van der Waals surface area (Å²) in [4.78, 5) is 18.2. The summed E-state index contributed by atoms with van der Waals surface area (Å²) in [6, 6.07) is 4.43. The zero-order valence-electron chi connectivity index (χ0n) is 13.4. The molecule has 1 aromatic rings. The second kappa shape index (κ2) is 6.75. The van der Waals surface area contributed by atoms with Crippen molar-refractivity contribution in [3.63, 3.8) is 0 Å². The highest BCUT2D eigenvalue weighted by molar-refractivity contribution is 7.10. The summed E-state index contributed by atoms with van der Waals surface area (Å²) in [6.45, 7) is 4.68. The number of fused-ring (bicyclic) bond motifs is 1. The summed E-state index contributed by atoms with van der Waals surface area (Å²) in [5.41, 5.74) is 0. The van der Waals surface area contributed by atoms with Crippen molar-refractivity contribution in [2.24, 2.45) is 5.92 Å². The minimum Gasteiger partial charge on any atom is -0.375 e. The predicted octanol–water partition coefficient (Wildman–Crippen LogP) is 2.47. The Bertz CT molecular complexity index is 568. The highest BCUT2D eigenvalue weighted by atomic mass is 32.1. The summed E-state index contributed by atoms with van der Waals surface area (Å²) < 4.78 is 5.97. The van der Waals surface area contributed by atoms with Gasteiger partial charge in [-0.15, -0.1) is 11.3 Å². The van der Waals surface area contributed by atoms with E-state index in [-0.39, 0.29) is 5.91 Å². The fourth-order valence-electron chi connectivity index (χ4n) is 3.65. The van der Waals surface area contributed by atoms with E-state index in [1.807, 2.05) is 28.5 Å². The van der Waals surface area contributed by atoms with Crippen LogP contribution in [0.1, 0.15) is 24.1 Å². The Labute approximate surface area is 141 Å². The number of amides is 1. The molecule has 3 heterocycles. The van der Waals surface area contributed by atoms with Crippen LogP contribution in [0.5, 0.6) is 0 Å². The summed E-state index contributed by atoms with van der Waals surface area (Å²) >= 11 is 1.66. The van der Waals surface area contributed by atoms with Crippen LogP contribution in [0, 0.1) is 5.92 Å². The first-order valence-electron chi connectivity index (χ1n) is 8.66. The molecule has 124 valence electrons. The van der Waals surface area contributed by atoms with E-state index in [2.05, 4.69) is 4.90 Å². The quantitative estimate of drug-likeness (QED) is 0.794. The molecule has 3 fully saturated rings. The minimum atomic E-state index is 0.133. The van der Waals surface area contributed by atoms with E-state index in [4.69, 9.17) is 4.74 Å². The van der Waals surface area contributed by atoms with Gasteiger partial charge >= 0.3 is 0 Å². The van der Waals surface area contributed by atoms with Crippen LogP contribution in [0.25, 0.3) is 6.08 Å². The molecule has 1 aliphatic carbocycles. The number of rotatable bonds is 4. The van der Waals surface area contributed by atoms with Gasteiger partial charge in [0, 0.05) is 37.1 Å². The molecule has 23 heavy (non-hydrogen) atoms. The fraction of sp³-hybridized carbons (Fsp3) is 0.611. The number of thiophene rings is 1. The van der Waals surface area contributed by atoms with Crippen LogP contribution in [0.4, 0.5) is 0 Å². The molecule has 0 N–H and O–H groups in total. The van der Waals surface area contributed by atoms with Crippen LogP contribution in [0.15, 0.2) is 23.6 Å². The maximum atomic E-state index is 12.5. The van der Waals surface area contributed by atoms with Crippen molar-refractivity contribution in [3.8, 4) is 0 Å². The number of nitrogens with zero attached hydrogens (tertiary/aromatic N) is 2. The Morgan fingerprint density at radius 3 is 3.04 bits per heavy atom. The molecule has 0 unspecified atom stereocenters. The van der Waals surface area contributed by atoms with E-state index in [0.29, 0.717) is 12.1 Å².